The van der Waals surface area contributed by atoms with Gasteiger partial charge in [-0.15, -0.1) is 0 Å². The van der Waals surface area contributed by atoms with Crippen molar-refractivity contribution in [3.05, 3.63) is 70.6 Å². The number of likely N-dealkylation sites (tertiary alicyclic amines) is 1. The minimum atomic E-state index is -1.21. The molecule has 0 saturated carbocycles. The van der Waals surface area contributed by atoms with Gasteiger partial charge in [-0.1, -0.05) is 0 Å². The van der Waals surface area contributed by atoms with Crippen LogP contribution in [0.2, 0.25) is 0 Å². The van der Waals surface area contributed by atoms with Crippen LogP contribution in [0.1, 0.15) is 23.2 Å². The molecule has 4 aromatic rings. The van der Waals surface area contributed by atoms with E-state index in [9.17, 15) is 28.3 Å². The Labute approximate surface area is 281 Å². The van der Waals surface area contributed by atoms with Crippen molar-refractivity contribution in [2.75, 3.05) is 44.6 Å². The molecule has 248 valence electrons. The molecule has 2 aromatic carbocycles. The number of piperidine rings is 1. The van der Waals surface area contributed by atoms with Crippen LogP contribution in [0.4, 0.5) is 20.3 Å². The van der Waals surface area contributed by atoms with E-state index < -0.39 is 30.3 Å². The van der Waals surface area contributed by atoms with Crippen LogP contribution >= 0.6 is 15.9 Å². The predicted molar refractivity (Wildman–Crippen MR) is 172 cm³/mol. The third kappa shape index (κ3) is 6.51. The summed E-state index contributed by atoms with van der Waals surface area (Å²) in [5.41, 5.74) is 1.57. The molecule has 6 rings (SSSR count). The molecule has 0 spiro atoms. The maximum atomic E-state index is 15.0. The molecule has 4 heterocycles. The van der Waals surface area contributed by atoms with Gasteiger partial charge in [0.2, 0.25) is 11.7 Å². The number of nitriles is 1. The smallest absolute Gasteiger partial charge is 0.322 e. The lowest BCUT2D eigenvalue weighted by atomic mass is 9.94. The fourth-order valence-corrected chi connectivity index (χ4v) is 6.48. The number of benzene rings is 2. The van der Waals surface area contributed by atoms with Crippen molar-refractivity contribution in [1.82, 2.24) is 29.5 Å². The average molecular weight is 724 g/mol. The number of amides is 2. The Morgan fingerprint density at radius 1 is 1.10 bits per heavy atom. The zero-order valence-corrected chi connectivity index (χ0v) is 26.9. The SMILES string of the molecule is N#CCOc1ccc(-c2cnc3c(Nc4ccc(C(=O)N5CCC(C(=O)N6CCN[C@@H](C(=O)O)C6)CC5)c(Br)c4)nccn23)c(F)c1F. The standard InChI is InChI=1S/C32H29BrF2N8O5/c33-22-15-19(1-2-20(22)31(45)41-10-5-18(6-11-41)30(44)42-12-8-37-23(17-42)32(46)47)40-28-29-39-16-24(43(29)13-9-38-28)21-3-4-25(48-14-7-36)27(35)26(21)34/h1-4,9,13,15-16,18,23,37H,5-6,8,10-12,14,17H2,(H,38,40)(H,46,47)/t23-/m1/s1. The Morgan fingerprint density at radius 3 is 2.62 bits per heavy atom. The van der Waals surface area contributed by atoms with Crippen molar-refractivity contribution in [2.45, 2.75) is 18.9 Å². The number of carboxylic acid groups (broad SMARTS) is 1. The van der Waals surface area contributed by atoms with Gasteiger partial charge < -0.3 is 30.3 Å². The summed E-state index contributed by atoms with van der Waals surface area (Å²) < 4.78 is 36.6. The van der Waals surface area contributed by atoms with E-state index in [0.29, 0.717) is 66.2 Å². The lowest BCUT2D eigenvalue weighted by molar-refractivity contribution is -0.144. The van der Waals surface area contributed by atoms with E-state index in [1.54, 1.807) is 44.7 Å². The van der Waals surface area contributed by atoms with Gasteiger partial charge in [-0.05, 0) is 59.1 Å². The van der Waals surface area contributed by atoms with Gasteiger partial charge in [-0.2, -0.15) is 9.65 Å². The van der Waals surface area contributed by atoms with Crippen molar-refractivity contribution in [2.24, 2.45) is 5.92 Å². The van der Waals surface area contributed by atoms with Gasteiger partial charge in [0.05, 0.1) is 17.5 Å². The maximum absolute atomic E-state index is 15.0. The van der Waals surface area contributed by atoms with Crippen molar-refractivity contribution in [3.63, 3.8) is 0 Å². The summed E-state index contributed by atoms with van der Waals surface area (Å²) in [6.45, 7) is 1.36. The number of aromatic nitrogens is 3. The molecule has 2 saturated heterocycles. The number of rotatable bonds is 8. The molecule has 13 nitrogen and oxygen atoms in total. The molecule has 2 aliphatic rings. The first-order chi connectivity index (χ1) is 23.2. The Hall–Kier alpha value is -5.14. The Bertz CT molecular complexity index is 1940. The number of aliphatic carboxylic acids is 1. The molecule has 0 radical (unpaired) electrons. The fraction of sp³-hybridized carbons (Fsp3) is 0.312. The van der Waals surface area contributed by atoms with Crippen LogP contribution in [0.3, 0.4) is 0 Å². The van der Waals surface area contributed by atoms with Gasteiger partial charge in [0, 0.05) is 66.8 Å². The number of anilines is 2. The number of nitrogens with zero attached hydrogens (tertiary/aromatic N) is 6. The second-order valence-electron chi connectivity index (χ2n) is 11.3. The first-order valence-electron chi connectivity index (χ1n) is 15.1. The van der Waals surface area contributed by atoms with Crippen LogP contribution in [0, 0.1) is 28.9 Å². The number of ether oxygens (including phenoxy) is 1. The lowest BCUT2D eigenvalue weighted by Crippen LogP contribution is -2.57. The summed E-state index contributed by atoms with van der Waals surface area (Å²) in [6, 6.07) is 8.63. The Morgan fingerprint density at radius 2 is 1.90 bits per heavy atom. The fourth-order valence-electron chi connectivity index (χ4n) is 5.93. The number of hydrogen-bond donors (Lipinski definition) is 3. The van der Waals surface area contributed by atoms with Crippen molar-refractivity contribution >= 4 is 50.9 Å². The second kappa shape index (κ2) is 13.9. The van der Waals surface area contributed by atoms with Crippen molar-refractivity contribution in [1.29, 1.82) is 5.26 Å². The van der Waals surface area contributed by atoms with Gasteiger partial charge in [-0.3, -0.25) is 18.8 Å². The Kier molecular flexibility index (Phi) is 9.51. The zero-order chi connectivity index (χ0) is 33.9. The van der Waals surface area contributed by atoms with E-state index in [1.807, 2.05) is 0 Å². The number of fused-ring (bicyclic) bond motifs is 1. The first kappa shape index (κ1) is 32.8. The minimum absolute atomic E-state index is 0.0592. The van der Waals surface area contributed by atoms with Gasteiger partial charge in [0.25, 0.3) is 5.91 Å². The van der Waals surface area contributed by atoms with Gasteiger partial charge in [-0.25, -0.2) is 14.4 Å². The highest BCUT2D eigenvalue weighted by Crippen LogP contribution is 2.33. The third-order valence-electron chi connectivity index (χ3n) is 8.42. The van der Waals surface area contributed by atoms with E-state index in [2.05, 4.69) is 36.5 Å². The molecule has 48 heavy (non-hydrogen) atoms. The molecule has 2 aromatic heterocycles. The number of piperazine rings is 1. The second-order valence-corrected chi connectivity index (χ2v) is 12.2. The van der Waals surface area contributed by atoms with E-state index in [-0.39, 0.29) is 41.3 Å². The molecule has 0 aliphatic carbocycles. The summed E-state index contributed by atoms with van der Waals surface area (Å²) in [5.74, 6) is -3.92. The molecule has 2 fully saturated rings. The highest BCUT2D eigenvalue weighted by atomic mass is 79.9. The maximum Gasteiger partial charge on any atom is 0.322 e. The summed E-state index contributed by atoms with van der Waals surface area (Å²) in [6.07, 6.45) is 5.40. The summed E-state index contributed by atoms with van der Waals surface area (Å²) in [5, 5.41) is 24.0. The molecule has 2 amide bonds. The zero-order valence-electron chi connectivity index (χ0n) is 25.3. The van der Waals surface area contributed by atoms with E-state index in [4.69, 9.17) is 10.00 Å². The number of hydrogen-bond acceptors (Lipinski definition) is 9. The number of carbonyl (C=O) groups excluding carboxylic acids is 2. The number of carboxylic acids is 1. The largest absolute Gasteiger partial charge is 0.480 e. The summed E-state index contributed by atoms with van der Waals surface area (Å²) in [7, 11) is 0. The number of halogens is 3. The van der Waals surface area contributed by atoms with Crippen LogP contribution in [-0.4, -0.2) is 92.4 Å². The van der Waals surface area contributed by atoms with Gasteiger partial charge in [0.15, 0.2) is 29.6 Å². The van der Waals surface area contributed by atoms with E-state index >= 15 is 0 Å². The molecular formula is C32H29BrF2N8O5. The van der Waals surface area contributed by atoms with Crippen LogP contribution < -0.4 is 15.4 Å². The predicted octanol–water partition coefficient (Wildman–Crippen LogP) is 3.82. The molecule has 16 heteroatoms. The molecular weight excluding hydrogens is 694 g/mol. The van der Waals surface area contributed by atoms with Gasteiger partial charge in [0.1, 0.15) is 12.1 Å². The van der Waals surface area contributed by atoms with Crippen LogP contribution in [-0.2, 0) is 9.59 Å². The monoisotopic (exact) mass is 722 g/mol. The van der Waals surface area contributed by atoms with Crippen molar-refractivity contribution < 1.29 is 33.0 Å². The molecule has 3 N–H and O–H groups in total. The number of nitrogens with one attached hydrogen (secondary N) is 2. The highest BCUT2D eigenvalue weighted by Gasteiger charge is 2.34. The van der Waals surface area contributed by atoms with Crippen LogP contribution in [0.15, 0.2) is 53.4 Å². The van der Waals surface area contributed by atoms with Gasteiger partial charge >= 0.3 is 5.97 Å². The lowest BCUT2D eigenvalue weighted by Gasteiger charge is -2.37. The van der Waals surface area contributed by atoms with Crippen LogP contribution in [0.5, 0.6) is 5.75 Å². The average Bonchev–Trinajstić information content (AvgIpc) is 3.53. The normalized spacial score (nSPS) is 16.8. The molecule has 1 atom stereocenters. The summed E-state index contributed by atoms with van der Waals surface area (Å²) in [4.78, 5) is 49.9. The number of carbonyl (C=O) groups is 3. The van der Waals surface area contributed by atoms with E-state index in [1.165, 1.54) is 24.5 Å². The van der Waals surface area contributed by atoms with Crippen LogP contribution in [0.25, 0.3) is 16.9 Å². The summed E-state index contributed by atoms with van der Waals surface area (Å²) >= 11 is 3.50. The minimum Gasteiger partial charge on any atom is -0.480 e. The third-order valence-corrected chi connectivity index (χ3v) is 9.08. The first-order valence-corrected chi connectivity index (χ1v) is 15.9. The topological polar surface area (TPSA) is 165 Å². The molecule has 0 bridgehead atoms. The molecule has 0 unspecified atom stereocenters. The highest BCUT2D eigenvalue weighted by molar-refractivity contribution is 9.10. The van der Waals surface area contributed by atoms with Crippen molar-refractivity contribution in [3.8, 4) is 23.1 Å². The molecule has 2 aliphatic heterocycles. The van der Waals surface area contributed by atoms with E-state index in [0.717, 1.165) is 0 Å². The quantitative estimate of drug-likeness (QED) is 0.244. The number of imidazole rings is 1. The Balaban J connectivity index is 1.12.